The fourth-order valence-electron chi connectivity index (χ4n) is 2.80. The van der Waals surface area contributed by atoms with Crippen molar-refractivity contribution in [3.63, 3.8) is 0 Å². The maximum atomic E-state index is 12.2. The molecule has 0 radical (unpaired) electrons. The molecule has 2 rings (SSSR count). The van der Waals surface area contributed by atoms with Crippen LogP contribution in [0.2, 0.25) is 5.02 Å². The van der Waals surface area contributed by atoms with Gasteiger partial charge in [0.15, 0.2) is 0 Å². The fraction of sp³-hybridized carbons (Fsp3) is 0.588. The third kappa shape index (κ3) is 4.89. The third-order valence-corrected chi connectivity index (χ3v) is 3.98. The molecule has 0 aliphatic carbocycles. The van der Waals surface area contributed by atoms with E-state index in [1.807, 2.05) is 45.0 Å². The number of nitrogens with two attached hydrogens (primary N) is 1. The third-order valence-electron chi connectivity index (χ3n) is 3.73. The highest BCUT2D eigenvalue weighted by Gasteiger charge is 2.35. The van der Waals surface area contributed by atoms with Gasteiger partial charge in [-0.3, -0.25) is 0 Å². The molecule has 1 aliphatic rings. The molecule has 1 aliphatic heterocycles. The minimum absolute atomic E-state index is 0.280. The number of benzene rings is 1. The van der Waals surface area contributed by atoms with E-state index in [1.54, 1.807) is 4.90 Å². The fourth-order valence-corrected chi connectivity index (χ4v) is 2.92. The van der Waals surface area contributed by atoms with Crippen LogP contribution in [-0.2, 0) is 11.2 Å². The van der Waals surface area contributed by atoms with Gasteiger partial charge in [-0.2, -0.15) is 0 Å². The molecule has 0 spiro atoms. The Morgan fingerprint density at radius 3 is 2.59 bits per heavy atom. The van der Waals surface area contributed by atoms with Gasteiger partial charge in [-0.15, -0.1) is 0 Å². The Hall–Kier alpha value is -1.26. The predicted molar refractivity (Wildman–Crippen MR) is 89.1 cm³/mol. The molecule has 122 valence electrons. The lowest BCUT2D eigenvalue weighted by Crippen LogP contribution is -2.57. The van der Waals surface area contributed by atoms with Gasteiger partial charge in [0, 0.05) is 23.7 Å². The summed E-state index contributed by atoms with van der Waals surface area (Å²) in [5.74, 6) is 0. The first kappa shape index (κ1) is 17.1. The molecule has 2 N–H and O–H groups in total. The Kier molecular flexibility index (Phi) is 5.03. The van der Waals surface area contributed by atoms with Crippen LogP contribution in [-0.4, -0.2) is 35.2 Å². The maximum Gasteiger partial charge on any atom is 0.410 e. The average molecular weight is 325 g/mol. The number of carbonyl (C=O) groups is 1. The van der Waals surface area contributed by atoms with Crippen LogP contribution in [0.15, 0.2) is 24.3 Å². The van der Waals surface area contributed by atoms with Crippen LogP contribution in [0.25, 0.3) is 0 Å². The molecule has 1 saturated heterocycles. The van der Waals surface area contributed by atoms with Crippen molar-refractivity contribution in [2.45, 2.75) is 51.2 Å². The summed E-state index contributed by atoms with van der Waals surface area (Å²) in [4.78, 5) is 14.0. The highest BCUT2D eigenvalue weighted by Crippen LogP contribution is 2.25. The number of rotatable bonds is 2. The van der Waals surface area contributed by atoms with Gasteiger partial charge in [0.05, 0.1) is 0 Å². The van der Waals surface area contributed by atoms with Gasteiger partial charge in [0.2, 0.25) is 0 Å². The van der Waals surface area contributed by atoms with Crippen LogP contribution in [0.5, 0.6) is 0 Å². The van der Waals surface area contributed by atoms with Crippen LogP contribution >= 0.6 is 11.6 Å². The van der Waals surface area contributed by atoms with E-state index in [4.69, 9.17) is 22.1 Å². The van der Waals surface area contributed by atoms with E-state index in [0.29, 0.717) is 18.1 Å². The Balaban J connectivity index is 2.02. The summed E-state index contributed by atoms with van der Waals surface area (Å²) in [6.45, 7) is 6.84. The molecule has 4 nitrogen and oxygen atoms in total. The van der Waals surface area contributed by atoms with E-state index in [-0.39, 0.29) is 6.09 Å². The van der Waals surface area contributed by atoms with Crippen LogP contribution in [0, 0.1) is 0 Å². The molecule has 1 amide bonds. The summed E-state index contributed by atoms with van der Waals surface area (Å²) < 4.78 is 5.45. The van der Waals surface area contributed by atoms with Crippen molar-refractivity contribution in [3.05, 3.63) is 34.9 Å². The van der Waals surface area contributed by atoms with E-state index in [2.05, 4.69) is 0 Å². The molecule has 1 fully saturated rings. The molecule has 5 heteroatoms. The van der Waals surface area contributed by atoms with Crippen LogP contribution < -0.4 is 5.73 Å². The van der Waals surface area contributed by atoms with Crippen molar-refractivity contribution in [1.82, 2.24) is 4.90 Å². The summed E-state index contributed by atoms with van der Waals surface area (Å²) in [5, 5.41) is 0.717. The number of hydrogen-bond donors (Lipinski definition) is 1. The minimum atomic E-state index is -0.484. The molecular formula is C17H25ClN2O2. The normalized spacial score (nSPS) is 22.5. The van der Waals surface area contributed by atoms with Crippen LogP contribution in [0.1, 0.15) is 39.2 Å². The van der Waals surface area contributed by atoms with Gasteiger partial charge in [-0.05, 0) is 57.7 Å². The molecule has 0 bridgehead atoms. The first-order chi connectivity index (χ1) is 10.2. The first-order valence-corrected chi connectivity index (χ1v) is 8.06. The largest absolute Gasteiger partial charge is 0.444 e. The van der Waals surface area contributed by atoms with Crippen LogP contribution in [0.3, 0.4) is 0 Å². The SMILES string of the molecule is CC(C)(C)OC(=O)N1CCC[C@](N)(Cc2ccc(Cl)cc2)C1. The second-order valence-electron chi connectivity index (χ2n) is 7.17. The number of piperidine rings is 1. The number of ether oxygens (including phenoxy) is 1. The molecule has 1 aromatic rings. The standard InChI is InChI=1S/C17H25ClN2O2/c1-16(2,3)22-15(21)20-10-4-9-17(19,12-20)11-13-5-7-14(18)8-6-13/h5-8H,4,9-12,19H2,1-3H3/t17-/m0/s1. The Morgan fingerprint density at radius 2 is 2.00 bits per heavy atom. The number of nitrogens with zero attached hydrogens (tertiary/aromatic N) is 1. The summed E-state index contributed by atoms with van der Waals surface area (Å²) in [5.41, 5.74) is 6.78. The summed E-state index contributed by atoms with van der Waals surface area (Å²) in [6.07, 6.45) is 2.24. The van der Waals surface area contributed by atoms with Crippen molar-refractivity contribution in [2.24, 2.45) is 5.73 Å². The zero-order valence-electron chi connectivity index (χ0n) is 13.6. The quantitative estimate of drug-likeness (QED) is 0.904. The van der Waals surface area contributed by atoms with Crippen molar-refractivity contribution in [1.29, 1.82) is 0 Å². The highest BCUT2D eigenvalue weighted by atomic mass is 35.5. The summed E-state index contributed by atoms with van der Waals surface area (Å²) >= 11 is 5.91. The lowest BCUT2D eigenvalue weighted by molar-refractivity contribution is 0.0140. The van der Waals surface area contributed by atoms with Gasteiger partial charge >= 0.3 is 6.09 Å². The topological polar surface area (TPSA) is 55.6 Å². The van der Waals surface area contributed by atoms with Gasteiger partial charge in [-0.1, -0.05) is 23.7 Å². The van der Waals surface area contributed by atoms with Crippen LogP contribution in [0.4, 0.5) is 4.79 Å². The predicted octanol–water partition coefficient (Wildman–Crippen LogP) is 3.61. The van der Waals surface area contributed by atoms with E-state index < -0.39 is 11.1 Å². The van der Waals surface area contributed by atoms with E-state index >= 15 is 0 Å². The smallest absolute Gasteiger partial charge is 0.410 e. The van der Waals surface area contributed by atoms with Crippen molar-refractivity contribution in [3.8, 4) is 0 Å². The van der Waals surface area contributed by atoms with Crippen molar-refractivity contribution >= 4 is 17.7 Å². The Bertz CT molecular complexity index is 524. The van der Waals surface area contributed by atoms with Crippen molar-refractivity contribution < 1.29 is 9.53 Å². The Morgan fingerprint density at radius 1 is 1.36 bits per heavy atom. The molecule has 22 heavy (non-hydrogen) atoms. The van der Waals surface area contributed by atoms with E-state index in [9.17, 15) is 4.79 Å². The summed E-state index contributed by atoms with van der Waals surface area (Å²) in [6, 6.07) is 7.72. The van der Waals surface area contributed by atoms with Crippen molar-refractivity contribution in [2.75, 3.05) is 13.1 Å². The van der Waals surface area contributed by atoms with Gasteiger partial charge < -0.3 is 15.4 Å². The van der Waals surface area contributed by atoms with E-state index in [0.717, 1.165) is 24.8 Å². The average Bonchev–Trinajstić information content (AvgIpc) is 2.39. The number of halogens is 1. The van der Waals surface area contributed by atoms with E-state index in [1.165, 1.54) is 0 Å². The molecule has 1 heterocycles. The highest BCUT2D eigenvalue weighted by molar-refractivity contribution is 6.30. The molecular weight excluding hydrogens is 300 g/mol. The lowest BCUT2D eigenvalue weighted by Gasteiger charge is -2.40. The van der Waals surface area contributed by atoms with Gasteiger partial charge in [0.1, 0.15) is 5.60 Å². The number of carbonyl (C=O) groups excluding carboxylic acids is 1. The number of likely N-dealkylation sites (tertiary alicyclic amines) is 1. The zero-order chi connectivity index (χ0) is 16.4. The molecule has 0 saturated carbocycles. The molecule has 0 aromatic heterocycles. The number of amides is 1. The summed E-state index contributed by atoms with van der Waals surface area (Å²) in [7, 11) is 0. The van der Waals surface area contributed by atoms with Gasteiger partial charge in [0.25, 0.3) is 0 Å². The molecule has 1 atom stereocenters. The maximum absolute atomic E-state index is 12.2. The molecule has 1 aromatic carbocycles. The second kappa shape index (κ2) is 6.47. The Labute approximate surface area is 137 Å². The second-order valence-corrected chi connectivity index (χ2v) is 7.61. The lowest BCUT2D eigenvalue weighted by atomic mass is 9.84. The molecule has 0 unspecified atom stereocenters. The van der Waals surface area contributed by atoms with Gasteiger partial charge in [-0.25, -0.2) is 4.79 Å². The minimum Gasteiger partial charge on any atom is -0.444 e. The monoisotopic (exact) mass is 324 g/mol. The first-order valence-electron chi connectivity index (χ1n) is 7.68. The zero-order valence-corrected chi connectivity index (χ0v) is 14.3. The number of hydrogen-bond acceptors (Lipinski definition) is 3.